The molecule has 1 aliphatic rings. The minimum atomic E-state index is -0.687. The molecule has 1 aliphatic heterocycles. The van der Waals surface area contributed by atoms with Gasteiger partial charge in [-0.3, -0.25) is 19.2 Å². The van der Waals surface area contributed by atoms with Gasteiger partial charge in [-0.15, -0.1) is 11.8 Å². The van der Waals surface area contributed by atoms with Crippen LogP contribution in [-0.4, -0.2) is 43.8 Å². The summed E-state index contributed by atoms with van der Waals surface area (Å²) in [5, 5.41) is 0.523. The quantitative estimate of drug-likeness (QED) is 0.310. The number of nitrogens with zero attached hydrogens (tertiary/aromatic N) is 3. The van der Waals surface area contributed by atoms with E-state index in [1.54, 1.807) is 28.1 Å². The van der Waals surface area contributed by atoms with E-state index in [9.17, 15) is 9.59 Å². The van der Waals surface area contributed by atoms with Gasteiger partial charge in [0.1, 0.15) is 29.4 Å². The van der Waals surface area contributed by atoms with Crippen molar-refractivity contribution in [3.8, 4) is 5.75 Å². The molecule has 3 heterocycles. The minimum Gasteiger partial charge on any atom is -0.489 e. The number of hydrogen-bond acceptors (Lipinski definition) is 6. The Balaban J connectivity index is 1.40. The average molecular weight is 516 g/mol. The summed E-state index contributed by atoms with van der Waals surface area (Å²) in [6, 6.07) is 20.6. The van der Waals surface area contributed by atoms with E-state index in [1.807, 2.05) is 87.5 Å². The number of fused-ring (bicyclic) bond motifs is 1. The van der Waals surface area contributed by atoms with Crippen molar-refractivity contribution in [1.82, 2.24) is 14.5 Å². The zero-order chi connectivity index (χ0) is 26.0. The van der Waals surface area contributed by atoms with E-state index in [0.717, 1.165) is 27.8 Å². The largest absolute Gasteiger partial charge is 0.489 e. The molecule has 0 N–H and O–H groups in total. The van der Waals surface area contributed by atoms with Crippen molar-refractivity contribution in [1.29, 1.82) is 0 Å². The van der Waals surface area contributed by atoms with Crippen molar-refractivity contribution in [2.24, 2.45) is 0 Å². The van der Waals surface area contributed by atoms with Crippen molar-refractivity contribution >= 4 is 34.7 Å². The summed E-state index contributed by atoms with van der Waals surface area (Å²) < 4.78 is 13.3. The van der Waals surface area contributed by atoms with Gasteiger partial charge in [-0.25, -0.2) is 4.79 Å². The van der Waals surface area contributed by atoms with Gasteiger partial charge in [0.25, 0.3) is 5.91 Å². The highest BCUT2D eigenvalue weighted by atomic mass is 32.2. The Labute approximate surface area is 220 Å². The number of hydrogen-bond donors (Lipinski definition) is 0. The molecule has 0 spiro atoms. The third-order valence-corrected chi connectivity index (χ3v) is 7.33. The second-order valence-corrected chi connectivity index (χ2v) is 11.0. The van der Waals surface area contributed by atoms with Crippen LogP contribution in [0.2, 0.25) is 0 Å². The van der Waals surface area contributed by atoms with Gasteiger partial charge in [0, 0.05) is 35.3 Å². The Morgan fingerprint density at radius 1 is 1.05 bits per heavy atom. The Bertz CT molecular complexity index is 1400. The number of carbonyl (C=O) groups is 2. The molecule has 7 nitrogen and oxygen atoms in total. The van der Waals surface area contributed by atoms with Gasteiger partial charge in [-0.05, 0) is 56.7 Å². The molecule has 2 unspecified atom stereocenters. The van der Waals surface area contributed by atoms with Crippen molar-refractivity contribution in [3.63, 3.8) is 0 Å². The second-order valence-electron chi connectivity index (χ2n) is 9.89. The van der Waals surface area contributed by atoms with Crippen LogP contribution in [0.25, 0.3) is 10.9 Å². The van der Waals surface area contributed by atoms with E-state index in [2.05, 4.69) is 4.98 Å². The maximum atomic E-state index is 13.8. The van der Waals surface area contributed by atoms with E-state index >= 15 is 0 Å². The van der Waals surface area contributed by atoms with Gasteiger partial charge in [0.2, 0.25) is 0 Å². The number of ether oxygens (including phenoxy) is 2. The molecule has 0 radical (unpaired) electrons. The van der Waals surface area contributed by atoms with E-state index in [-0.39, 0.29) is 11.3 Å². The van der Waals surface area contributed by atoms with Gasteiger partial charge in [-0.2, -0.15) is 0 Å². The first-order valence-corrected chi connectivity index (χ1v) is 13.2. The van der Waals surface area contributed by atoms with Crippen molar-refractivity contribution in [3.05, 3.63) is 96.4 Å². The third kappa shape index (κ3) is 5.49. The Morgan fingerprint density at radius 3 is 2.59 bits per heavy atom. The molecule has 2 aromatic heterocycles. The van der Waals surface area contributed by atoms with Gasteiger partial charge >= 0.3 is 6.09 Å². The fraction of sp³-hybridized carbons (Fsp3) is 0.276. The van der Waals surface area contributed by atoms with Gasteiger partial charge in [-0.1, -0.05) is 36.4 Å². The summed E-state index contributed by atoms with van der Waals surface area (Å²) in [5.41, 5.74) is 2.01. The van der Waals surface area contributed by atoms with E-state index in [4.69, 9.17) is 9.47 Å². The molecule has 1 amide bonds. The predicted molar refractivity (Wildman–Crippen MR) is 145 cm³/mol. The lowest BCUT2D eigenvalue weighted by molar-refractivity contribution is 0.0160. The normalized spacial score (nSPS) is 17.6. The summed E-state index contributed by atoms with van der Waals surface area (Å²) in [6.45, 7) is 5.93. The molecule has 4 aromatic rings. The molecule has 2 atom stereocenters. The number of rotatable bonds is 5. The lowest BCUT2D eigenvalue weighted by Gasteiger charge is -2.31. The summed E-state index contributed by atoms with van der Waals surface area (Å²) in [5.74, 6) is 0.998. The van der Waals surface area contributed by atoms with Crippen molar-refractivity contribution in [2.45, 2.75) is 44.4 Å². The fourth-order valence-corrected chi connectivity index (χ4v) is 5.71. The van der Waals surface area contributed by atoms with Crippen LogP contribution >= 0.6 is 11.8 Å². The van der Waals surface area contributed by atoms with Crippen molar-refractivity contribution in [2.75, 3.05) is 5.75 Å². The first kappa shape index (κ1) is 24.9. The van der Waals surface area contributed by atoms with Crippen LogP contribution in [0.3, 0.4) is 0 Å². The summed E-state index contributed by atoms with van der Waals surface area (Å²) in [6.07, 6.45) is 4.65. The molecule has 8 heteroatoms. The minimum absolute atomic E-state index is 0.183. The fourth-order valence-electron chi connectivity index (χ4n) is 4.32. The van der Waals surface area contributed by atoms with E-state index in [0.29, 0.717) is 12.4 Å². The Kier molecular flexibility index (Phi) is 6.93. The molecule has 37 heavy (non-hydrogen) atoms. The van der Waals surface area contributed by atoms with Crippen LogP contribution in [0, 0.1) is 0 Å². The number of carbonyl (C=O) groups excluding carboxylic acids is 2. The highest BCUT2D eigenvalue weighted by Crippen LogP contribution is 2.42. The number of amides is 1. The van der Waals surface area contributed by atoms with Crippen LogP contribution in [0.5, 0.6) is 5.75 Å². The predicted octanol–water partition coefficient (Wildman–Crippen LogP) is 6.31. The summed E-state index contributed by atoms with van der Waals surface area (Å²) in [7, 11) is 0. The third-order valence-electron chi connectivity index (χ3n) is 6.01. The number of pyridine rings is 1. The Hall–Kier alpha value is -3.78. The van der Waals surface area contributed by atoms with Crippen LogP contribution < -0.4 is 4.74 Å². The molecular formula is C29H29N3O4S. The molecule has 190 valence electrons. The molecule has 1 saturated heterocycles. The first-order valence-electron chi connectivity index (χ1n) is 12.1. The molecule has 5 rings (SSSR count). The van der Waals surface area contributed by atoms with Crippen molar-refractivity contribution < 1.29 is 19.1 Å². The number of benzene rings is 2. The number of thioether (sulfide) groups is 1. The van der Waals surface area contributed by atoms with Gasteiger partial charge in [0.05, 0.1) is 5.52 Å². The Morgan fingerprint density at radius 2 is 1.86 bits per heavy atom. The molecular weight excluding hydrogens is 486 g/mol. The number of aromatic nitrogens is 2. The van der Waals surface area contributed by atoms with Gasteiger partial charge in [0.15, 0.2) is 0 Å². The monoisotopic (exact) mass is 515 g/mol. The van der Waals surface area contributed by atoms with Crippen LogP contribution in [-0.2, 0) is 11.3 Å². The highest BCUT2D eigenvalue weighted by molar-refractivity contribution is 7.99. The smallest absolute Gasteiger partial charge is 0.412 e. The molecule has 0 aliphatic carbocycles. The van der Waals surface area contributed by atoms with Crippen LogP contribution in [0.4, 0.5) is 4.79 Å². The summed E-state index contributed by atoms with van der Waals surface area (Å²) in [4.78, 5) is 32.9. The zero-order valence-corrected chi connectivity index (χ0v) is 21.9. The molecule has 2 aromatic carbocycles. The topological polar surface area (TPSA) is 73.7 Å². The molecule has 1 fully saturated rings. The standard InChI is InChI=1S/C29H29N3O4S/c1-29(2,3)36-28(34)32-25(19-37-27(32)22-10-7-14-30-17-22)26(33)31-15-13-21-16-23(11-12-24(21)31)35-18-20-8-5-4-6-9-20/h4-17,25,27H,18-19H2,1-3H3. The SMILES string of the molecule is CC(C)(C)OC(=O)N1C(C(=O)n2ccc3cc(OCc4ccccc4)ccc32)CSC1c1cccnc1. The van der Waals surface area contributed by atoms with E-state index in [1.165, 1.54) is 11.8 Å². The van der Waals surface area contributed by atoms with Crippen LogP contribution in [0.15, 0.2) is 85.3 Å². The van der Waals surface area contributed by atoms with Gasteiger partial charge < -0.3 is 9.47 Å². The summed E-state index contributed by atoms with van der Waals surface area (Å²) >= 11 is 1.53. The maximum absolute atomic E-state index is 13.8. The molecule has 0 bridgehead atoms. The second kappa shape index (κ2) is 10.3. The lowest BCUT2D eigenvalue weighted by atomic mass is 10.2. The lowest BCUT2D eigenvalue weighted by Crippen LogP contribution is -2.46. The molecule has 0 saturated carbocycles. The first-order chi connectivity index (χ1) is 17.8. The zero-order valence-electron chi connectivity index (χ0n) is 21.0. The van der Waals surface area contributed by atoms with E-state index < -0.39 is 17.7 Å². The highest BCUT2D eigenvalue weighted by Gasteiger charge is 2.45. The average Bonchev–Trinajstić information content (AvgIpc) is 3.52. The van der Waals surface area contributed by atoms with Crippen LogP contribution in [0.1, 0.15) is 42.1 Å². The maximum Gasteiger partial charge on any atom is 0.412 e.